The maximum absolute atomic E-state index is 13.1. The fraction of sp³-hybridized carbons (Fsp3) is 0.579. The lowest BCUT2D eigenvalue weighted by Crippen LogP contribution is -2.52. The smallest absolute Gasteiger partial charge is 0.245 e. The molecule has 1 aliphatic rings. The molecule has 0 radical (unpaired) electrons. The second-order valence-electron chi connectivity index (χ2n) is 7.51. The standard InChI is InChI=1S/C19H27N5O2S2/c1-13(2)6-7-16(25)22-8-10-23(11-9-22)18(26)14(3)24-17(20-21-19(24)27)15-5-4-12-28-15/h4-5,12-14H,6-11H2,1-3H3,(H,21,27). The van der Waals surface area contributed by atoms with Crippen LogP contribution in [-0.2, 0) is 9.59 Å². The molecule has 1 atom stereocenters. The van der Waals surface area contributed by atoms with Gasteiger partial charge in [0.2, 0.25) is 11.8 Å². The minimum Gasteiger partial charge on any atom is -0.339 e. The lowest BCUT2D eigenvalue weighted by molar-refractivity contribution is -0.141. The molecule has 0 bridgehead atoms. The van der Waals surface area contributed by atoms with Gasteiger partial charge in [-0.05, 0) is 42.9 Å². The zero-order chi connectivity index (χ0) is 20.3. The first-order chi connectivity index (χ1) is 13.4. The van der Waals surface area contributed by atoms with E-state index in [1.54, 1.807) is 15.9 Å². The molecule has 7 nitrogen and oxygen atoms in total. The number of amides is 2. The minimum absolute atomic E-state index is 0.00425. The highest BCUT2D eigenvalue weighted by Gasteiger charge is 2.29. The SMILES string of the molecule is CC(C)CCC(=O)N1CCN(C(=O)C(C)n2c(-c3cccs3)n[nH]c2=S)CC1. The summed E-state index contributed by atoms with van der Waals surface area (Å²) in [7, 11) is 0. The van der Waals surface area contributed by atoms with Crippen LogP contribution in [0.15, 0.2) is 17.5 Å². The number of thiophene rings is 1. The Balaban J connectivity index is 1.64. The van der Waals surface area contributed by atoms with Crippen LogP contribution in [0.5, 0.6) is 0 Å². The van der Waals surface area contributed by atoms with E-state index in [2.05, 4.69) is 24.0 Å². The van der Waals surface area contributed by atoms with E-state index in [0.29, 0.717) is 49.1 Å². The molecule has 1 fully saturated rings. The molecular formula is C19H27N5O2S2. The van der Waals surface area contributed by atoms with E-state index in [9.17, 15) is 9.59 Å². The topological polar surface area (TPSA) is 74.2 Å². The van der Waals surface area contributed by atoms with Crippen LogP contribution < -0.4 is 0 Å². The van der Waals surface area contributed by atoms with Gasteiger partial charge < -0.3 is 9.80 Å². The largest absolute Gasteiger partial charge is 0.339 e. The van der Waals surface area contributed by atoms with Gasteiger partial charge in [0.25, 0.3) is 0 Å². The number of carbonyl (C=O) groups excluding carboxylic acids is 2. The second kappa shape index (κ2) is 9.00. The van der Waals surface area contributed by atoms with E-state index < -0.39 is 6.04 Å². The van der Waals surface area contributed by atoms with Crippen molar-refractivity contribution in [3.05, 3.63) is 22.3 Å². The number of hydrogen-bond donors (Lipinski definition) is 1. The molecule has 2 aromatic heterocycles. The predicted molar refractivity (Wildman–Crippen MR) is 113 cm³/mol. The Morgan fingerprint density at radius 3 is 2.50 bits per heavy atom. The minimum atomic E-state index is -0.452. The summed E-state index contributed by atoms with van der Waals surface area (Å²) in [4.78, 5) is 30.1. The molecule has 2 amide bonds. The quantitative estimate of drug-likeness (QED) is 0.726. The number of nitrogens with one attached hydrogen (secondary N) is 1. The molecule has 1 N–H and O–H groups in total. The van der Waals surface area contributed by atoms with Gasteiger partial charge in [0.1, 0.15) is 6.04 Å². The summed E-state index contributed by atoms with van der Waals surface area (Å²) < 4.78 is 2.22. The second-order valence-corrected chi connectivity index (χ2v) is 8.85. The Bertz CT molecular complexity index is 863. The first-order valence-corrected chi connectivity index (χ1v) is 10.9. The van der Waals surface area contributed by atoms with E-state index in [0.717, 1.165) is 11.3 Å². The van der Waals surface area contributed by atoms with Gasteiger partial charge in [-0.15, -0.1) is 11.3 Å². The lowest BCUT2D eigenvalue weighted by atomic mass is 10.1. The number of H-pyrrole nitrogens is 1. The maximum atomic E-state index is 13.1. The van der Waals surface area contributed by atoms with Crippen molar-refractivity contribution >= 4 is 35.4 Å². The van der Waals surface area contributed by atoms with Crippen LogP contribution in [0.1, 0.15) is 39.7 Å². The summed E-state index contributed by atoms with van der Waals surface area (Å²) >= 11 is 6.93. The summed E-state index contributed by atoms with van der Waals surface area (Å²) in [5, 5.41) is 9.09. The molecule has 0 spiro atoms. The zero-order valence-corrected chi connectivity index (χ0v) is 18.2. The Morgan fingerprint density at radius 1 is 1.21 bits per heavy atom. The monoisotopic (exact) mass is 421 g/mol. The fourth-order valence-corrected chi connectivity index (χ4v) is 4.37. The first-order valence-electron chi connectivity index (χ1n) is 9.65. The molecule has 1 saturated heterocycles. The molecule has 0 aromatic carbocycles. The van der Waals surface area contributed by atoms with E-state index >= 15 is 0 Å². The van der Waals surface area contributed by atoms with E-state index in [1.807, 2.05) is 34.2 Å². The van der Waals surface area contributed by atoms with E-state index in [4.69, 9.17) is 12.2 Å². The van der Waals surface area contributed by atoms with Gasteiger partial charge in [-0.3, -0.25) is 19.3 Å². The third-order valence-electron chi connectivity index (χ3n) is 5.07. The Hall–Kier alpha value is -2.00. The van der Waals surface area contributed by atoms with Crippen molar-refractivity contribution in [2.24, 2.45) is 5.92 Å². The molecule has 3 rings (SSSR count). The van der Waals surface area contributed by atoms with Crippen molar-refractivity contribution in [2.45, 2.75) is 39.7 Å². The van der Waals surface area contributed by atoms with Gasteiger partial charge >= 0.3 is 0 Å². The number of nitrogens with zero attached hydrogens (tertiary/aromatic N) is 4. The van der Waals surface area contributed by atoms with Crippen LogP contribution >= 0.6 is 23.6 Å². The van der Waals surface area contributed by atoms with Crippen molar-refractivity contribution in [3.8, 4) is 10.7 Å². The highest BCUT2D eigenvalue weighted by molar-refractivity contribution is 7.71. The molecule has 1 unspecified atom stereocenters. The van der Waals surface area contributed by atoms with E-state index in [1.165, 1.54) is 0 Å². The molecule has 0 saturated carbocycles. The summed E-state index contributed by atoms with van der Waals surface area (Å²) in [5.41, 5.74) is 0. The highest BCUT2D eigenvalue weighted by atomic mass is 32.1. The number of hydrogen-bond acceptors (Lipinski definition) is 5. The first kappa shape index (κ1) is 20.7. The number of piperazine rings is 1. The zero-order valence-electron chi connectivity index (χ0n) is 16.6. The third kappa shape index (κ3) is 4.52. The van der Waals surface area contributed by atoms with Crippen LogP contribution in [0, 0.1) is 10.7 Å². The average Bonchev–Trinajstić information content (AvgIpc) is 3.34. The average molecular weight is 422 g/mol. The van der Waals surface area contributed by atoms with Crippen LogP contribution in [0.4, 0.5) is 0 Å². The summed E-state index contributed by atoms with van der Waals surface area (Å²) in [6.07, 6.45) is 1.48. The molecule has 1 aliphatic heterocycles. The van der Waals surface area contributed by atoms with Crippen molar-refractivity contribution < 1.29 is 9.59 Å². The van der Waals surface area contributed by atoms with Crippen molar-refractivity contribution in [3.63, 3.8) is 0 Å². The Labute approximate surface area is 174 Å². The van der Waals surface area contributed by atoms with Gasteiger partial charge in [-0.1, -0.05) is 19.9 Å². The fourth-order valence-electron chi connectivity index (χ4n) is 3.36. The van der Waals surface area contributed by atoms with Crippen molar-refractivity contribution in [2.75, 3.05) is 26.2 Å². The molecule has 0 aliphatic carbocycles. The normalized spacial score (nSPS) is 15.9. The van der Waals surface area contributed by atoms with Crippen LogP contribution in [0.25, 0.3) is 10.7 Å². The maximum Gasteiger partial charge on any atom is 0.245 e. The number of aromatic nitrogens is 3. The van der Waals surface area contributed by atoms with Crippen LogP contribution in [0.2, 0.25) is 0 Å². The van der Waals surface area contributed by atoms with Gasteiger partial charge in [-0.25, -0.2) is 0 Å². The summed E-state index contributed by atoms with van der Waals surface area (Å²) in [6, 6.07) is 3.46. The van der Waals surface area contributed by atoms with Crippen LogP contribution in [0.3, 0.4) is 0 Å². The van der Waals surface area contributed by atoms with Gasteiger partial charge in [-0.2, -0.15) is 5.10 Å². The number of rotatable bonds is 6. The molecular weight excluding hydrogens is 394 g/mol. The molecule has 3 heterocycles. The van der Waals surface area contributed by atoms with Gasteiger partial charge in [0.05, 0.1) is 4.88 Å². The van der Waals surface area contributed by atoms with Gasteiger partial charge in [0, 0.05) is 32.6 Å². The van der Waals surface area contributed by atoms with Crippen molar-refractivity contribution in [1.82, 2.24) is 24.6 Å². The molecule has 152 valence electrons. The Kier molecular flexibility index (Phi) is 6.66. The lowest BCUT2D eigenvalue weighted by Gasteiger charge is -2.36. The summed E-state index contributed by atoms with van der Waals surface area (Å²) in [6.45, 7) is 8.37. The predicted octanol–water partition coefficient (Wildman–Crippen LogP) is 3.34. The third-order valence-corrected chi connectivity index (χ3v) is 6.22. The Morgan fingerprint density at radius 2 is 1.89 bits per heavy atom. The number of aromatic amines is 1. The number of carbonyl (C=O) groups is 2. The molecule has 9 heteroatoms. The highest BCUT2D eigenvalue weighted by Crippen LogP contribution is 2.26. The molecule has 2 aromatic rings. The summed E-state index contributed by atoms with van der Waals surface area (Å²) in [5.74, 6) is 1.39. The van der Waals surface area contributed by atoms with Crippen molar-refractivity contribution in [1.29, 1.82) is 0 Å². The molecule has 28 heavy (non-hydrogen) atoms. The van der Waals surface area contributed by atoms with Crippen LogP contribution in [-0.4, -0.2) is 62.6 Å². The van der Waals surface area contributed by atoms with E-state index in [-0.39, 0.29) is 11.8 Å². The van der Waals surface area contributed by atoms with Gasteiger partial charge in [0.15, 0.2) is 10.6 Å².